The lowest BCUT2D eigenvalue weighted by Crippen LogP contribution is -2.34. The van der Waals surface area contributed by atoms with E-state index in [-0.39, 0.29) is 5.91 Å². The van der Waals surface area contributed by atoms with Crippen molar-refractivity contribution in [2.75, 3.05) is 13.1 Å². The van der Waals surface area contributed by atoms with Crippen molar-refractivity contribution in [1.82, 2.24) is 19.5 Å². The highest BCUT2D eigenvalue weighted by molar-refractivity contribution is 5.78. The monoisotopic (exact) mass is 374 g/mol. The van der Waals surface area contributed by atoms with Crippen LogP contribution < -0.4 is 0 Å². The summed E-state index contributed by atoms with van der Waals surface area (Å²) in [5, 5.41) is 4.52. The Morgan fingerprint density at radius 2 is 1.93 bits per heavy atom. The number of amides is 1. The Hall–Kier alpha value is -2.95. The zero-order valence-corrected chi connectivity index (χ0v) is 16.8. The van der Waals surface area contributed by atoms with Gasteiger partial charge in [0.1, 0.15) is 0 Å². The molecule has 2 aromatic heterocycles. The minimum absolute atomic E-state index is 0.207. The predicted molar refractivity (Wildman–Crippen MR) is 111 cm³/mol. The second kappa shape index (κ2) is 7.58. The van der Waals surface area contributed by atoms with Gasteiger partial charge in [0.25, 0.3) is 0 Å². The smallest absolute Gasteiger partial charge is 0.223 e. The van der Waals surface area contributed by atoms with Crippen molar-refractivity contribution in [3.63, 3.8) is 0 Å². The Labute approximate surface area is 165 Å². The average molecular weight is 374 g/mol. The third-order valence-corrected chi connectivity index (χ3v) is 5.58. The van der Waals surface area contributed by atoms with Crippen molar-refractivity contribution < 1.29 is 4.79 Å². The van der Waals surface area contributed by atoms with Crippen LogP contribution in [-0.4, -0.2) is 38.5 Å². The number of aryl methyl sites for hydroxylation is 3. The predicted octanol–water partition coefficient (Wildman–Crippen LogP) is 3.90. The number of fused-ring (bicyclic) bond motifs is 1. The fourth-order valence-electron chi connectivity index (χ4n) is 4.00. The number of aromatic nitrogens is 3. The van der Waals surface area contributed by atoms with Crippen LogP contribution in [0.1, 0.15) is 41.1 Å². The molecule has 1 aliphatic rings. The van der Waals surface area contributed by atoms with E-state index in [2.05, 4.69) is 47.3 Å². The summed E-state index contributed by atoms with van der Waals surface area (Å²) in [6.45, 7) is 7.53. The first-order valence-electron chi connectivity index (χ1n) is 9.87. The zero-order valence-electron chi connectivity index (χ0n) is 16.8. The van der Waals surface area contributed by atoms with Crippen molar-refractivity contribution in [2.24, 2.45) is 0 Å². The van der Waals surface area contributed by atoms with E-state index in [0.717, 1.165) is 41.3 Å². The Balaban J connectivity index is 1.43. The van der Waals surface area contributed by atoms with Gasteiger partial charge in [0.2, 0.25) is 5.91 Å². The average Bonchev–Trinajstić information content (AvgIpc) is 3.09. The SMILES string of the molecule is Cc1cc2nc(C)c(CCC(=O)N3CC=C(c4ccccc4)CC3)c(C)n2n1. The molecule has 1 aliphatic heterocycles. The van der Waals surface area contributed by atoms with Crippen LogP contribution in [0.2, 0.25) is 0 Å². The van der Waals surface area contributed by atoms with Crippen LogP contribution >= 0.6 is 0 Å². The molecule has 0 bridgehead atoms. The van der Waals surface area contributed by atoms with Gasteiger partial charge in [-0.1, -0.05) is 36.4 Å². The molecule has 1 aromatic carbocycles. The molecule has 28 heavy (non-hydrogen) atoms. The lowest BCUT2D eigenvalue weighted by molar-refractivity contribution is -0.130. The van der Waals surface area contributed by atoms with Gasteiger partial charge in [-0.2, -0.15) is 5.10 Å². The fraction of sp³-hybridized carbons (Fsp3) is 0.348. The van der Waals surface area contributed by atoms with E-state index in [1.807, 2.05) is 35.4 Å². The minimum atomic E-state index is 0.207. The van der Waals surface area contributed by atoms with E-state index < -0.39 is 0 Å². The highest BCUT2D eigenvalue weighted by Crippen LogP contribution is 2.23. The topological polar surface area (TPSA) is 50.5 Å². The first-order valence-corrected chi connectivity index (χ1v) is 9.87. The van der Waals surface area contributed by atoms with Crippen LogP contribution in [-0.2, 0) is 11.2 Å². The molecule has 5 heteroatoms. The van der Waals surface area contributed by atoms with Gasteiger partial charge in [-0.15, -0.1) is 0 Å². The van der Waals surface area contributed by atoms with E-state index in [9.17, 15) is 4.79 Å². The standard InChI is InChI=1S/C23H26N4O/c1-16-15-22-24-17(2)21(18(3)27(22)25-16)9-10-23(28)26-13-11-20(12-14-26)19-7-5-4-6-8-19/h4-8,11,15H,9-10,12-14H2,1-3H3. The normalized spacial score (nSPS) is 14.4. The molecule has 0 N–H and O–H groups in total. The molecule has 0 radical (unpaired) electrons. The molecule has 3 heterocycles. The largest absolute Gasteiger partial charge is 0.339 e. The van der Waals surface area contributed by atoms with Gasteiger partial charge < -0.3 is 4.90 Å². The molecule has 3 aromatic rings. The summed E-state index contributed by atoms with van der Waals surface area (Å²) in [5.74, 6) is 0.207. The number of benzene rings is 1. The van der Waals surface area contributed by atoms with E-state index in [4.69, 9.17) is 0 Å². The highest BCUT2D eigenvalue weighted by atomic mass is 16.2. The van der Waals surface area contributed by atoms with Crippen LogP contribution in [0.15, 0.2) is 42.5 Å². The van der Waals surface area contributed by atoms with E-state index in [0.29, 0.717) is 19.4 Å². The second-order valence-corrected chi connectivity index (χ2v) is 7.50. The van der Waals surface area contributed by atoms with E-state index in [1.165, 1.54) is 11.1 Å². The van der Waals surface area contributed by atoms with Crippen molar-refractivity contribution in [2.45, 2.75) is 40.0 Å². The maximum absolute atomic E-state index is 12.8. The Bertz CT molecular complexity index is 1050. The van der Waals surface area contributed by atoms with Gasteiger partial charge in [0.15, 0.2) is 5.65 Å². The Kier molecular flexibility index (Phi) is 4.99. The van der Waals surface area contributed by atoms with Crippen molar-refractivity contribution in [3.8, 4) is 0 Å². The van der Waals surface area contributed by atoms with Gasteiger partial charge in [-0.3, -0.25) is 4.79 Å². The molecular formula is C23H26N4O. The number of carbonyl (C=O) groups excluding carboxylic acids is 1. The van der Waals surface area contributed by atoms with Gasteiger partial charge in [-0.25, -0.2) is 9.50 Å². The first-order chi connectivity index (χ1) is 13.5. The van der Waals surface area contributed by atoms with Crippen molar-refractivity contribution in [3.05, 3.63) is 70.7 Å². The summed E-state index contributed by atoms with van der Waals surface area (Å²) in [6, 6.07) is 12.4. The van der Waals surface area contributed by atoms with E-state index in [1.54, 1.807) is 0 Å². The maximum Gasteiger partial charge on any atom is 0.223 e. The zero-order chi connectivity index (χ0) is 19.7. The van der Waals surface area contributed by atoms with Crippen LogP contribution in [0.25, 0.3) is 11.2 Å². The van der Waals surface area contributed by atoms with Gasteiger partial charge in [0, 0.05) is 37.0 Å². The van der Waals surface area contributed by atoms with Crippen LogP contribution in [0.5, 0.6) is 0 Å². The second-order valence-electron chi connectivity index (χ2n) is 7.50. The number of nitrogens with zero attached hydrogens (tertiary/aromatic N) is 4. The van der Waals surface area contributed by atoms with Crippen LogP contribution in [0.3, 0.4) is 0 Å². The van der Waals surface area contributed by atoms with Gasteiger partial charge >= 0.3 is 0 Å². The Morgan fingerprint density at radius 3 is 2.64 bits per heavy atom. The molecule has 0 spiro atoms. The lowest BCUT2D eigenvalue weighted by Gasteiger charge is -2.27. The molecule has 0 unspecified atom stereocenters. The van der Waals surface area contributed by atoms with Gasteiger partial charge in [-0.05, 0) is 50.3 Å². The quantitative estimate of drug-likeness (QED) is 0.696. The molecule has 0 aliphatic carbocycles. The molecular weight excluding hydrogens is 348 g/mol. The lowest BCUT2D eigenvalue weighted by atomic mass is 9.99. The molecule has 0 fully saturated rings. The fourth-order valence-corrected chi connectivity index (χ4v) is 4.00. The molecule has 0 saturated heterocycles. The maximum atomic E-state index is 12.8. The number of hydrogen-bond donors (Lipinski definition) is 0. The van der Waals surface area contributed by atoms with Crippen molar-refractivity contribution in [1.29, 1.82) is 0 Å². The minimum Gasteiger partial charge on any atom is -0.339 e. The number of rotatable bonds is 4. The van der Waals surface area contributed by atoms with Gasteiger partial charge in [0.05, 0.1) is 5.69 Å². The molecule has 4 rings (SSSR count). The molecule has 144 valence electrons. The van der Waals surface area contributed by atoms with Crippen molar-refractivity contribution >= 4 is 17.1 Å². The van der Waals surface area contributed by atoms with E-state index >= 15 is 0 Å². The molecule has 1 amide bonds. The summed E-state index contributed by atoms with van der Waals surface area (Å²) in [5.41, 5.74) is 7.61. The summed E-state index contributed by atoms with van der Waals surface area (Å²) >= 11 is 0. The third-order valence-electron chi connectivity index (χ3n) is 5.58. The number of carbonyl (C=O) groups is 1. The molecule has 5 nitrogen and oxygen atoms in total. The highest BCUT2D eigenvalue weighted by Gasteiger charge is 2.19. The van der Waals surface area contributed by atoms with Crippen LogP contribution in [0.4, 0.5) is 0 Å². The van der Waals surface area contributed by atoms with Crippen LogP contribution in [0, 0.1) is 20.8 Å². The summed E-state index contributed by atoms with van der Waals surface area (Å²) in [7, 11) is 0. The molecule has 0 saturated carbocycles. The first kappa shape index (κ1) is 18.4. The number of hydrogen-bond acceptors (Lipinski definition) is 3. The molecule has 0 atom stereocenters. The summed E-state index contributed by atoms with van der Waals surface area (Å²) in [4.78, 5) is 19.4. The Morgan fingerprint density at radius 1 is 1.14 bits per heavy atom. The third kappa shape index (κ3) is 3.57. The summed E-state index contributed by atoms with van der Waals surface area (Å²) < 4.78 is 1.89. The summed E-state index contributed by atoms with van der Waals surface area (Å²) in [6.07, 6.45) is 4.30.